The van der Waals surface area contributed by atoms with E-state index in [0.29, 0.717) is 23.6 Å². The van der Waals surface area contributed by atoms with E-state index >= 15 is 0 Å². The van der Waals surface area contributed by atoms with E-state index in [1.54, 1.807) is 4.90 Å². The SMILES string of the molecule is O=C(CN1C(=O)c2cccc3cccc1c23)NCCc1ccc(Cl)cc1. The van der Waals surface area contributed by atoms with Crippen LogP contribution < -0.4 is 10.2 Å². The van der Waals surface area contributed by atoms with Gasteiger partial charge in [0.1, 0.15) is 6.54 Å². The van der Waals surface area contributed by atoms with Gasteiger partial charge in [0.25, 0.3) is 5.91 Å². The van der Waals surface area contributed by atoms with E-state index in [2.05, 4.69) is 5.32 Å². The Morgan fingerprint density at radius 1 is 1.00 bits per heavy atom. The summed E-state index contributed by atoms with van der Waals surface area (Å²) >= 11 is 5.87. The van der Waals surface area contributed by atoms with Gasteiger partial charge in [0.05, 0.1) is 5.69 Å². The van der Waals surface area contributed by atoms with Crippen LogP contribution in [0.5, 0.6) is 0 Å². The quantitative estimate of drug-likeness (QED) is 0.748. The molecule has 1 N–H and O–H groups in total. The van der Waals surface area contributed by atoms with Crippen molar-refractivity contribution in [3.8, 4) is 0 Å². The number of nitrogens with one attached hydrogen (secondary N) is 1. The number of carbonyl (C=O) groups is 2. The predicted molar refractivity (Wildman–Crippen MR) is 104 cm³/mol. The zero-order valence-corrected chi connectivity index (χ0v) is 14.8. The molecular formula is C21H17ClN2O2. The number of anilines is 1. The van der Waals surface area contributed by atoms with E-state index in [0.717, 1.165) is 22.0 Å². The molecule has 0 radical (unpaired) electrons. The van der Waals surface area contributed by atoms with Crippen LogP contribution in [0.3, 0.4) is 0 Å². The van der Waals surface area contributed by atoms with Gasteiger partial charge in [-0.3, -0.25) is 14.5 Å². The van der Waals surface area contributed by atoms with Crippen molar-refractivity contribution in [1.82, 2.24) is 5.32 Å². The van der Waals surface area contributed by atoms with Gasteiger partial charge in [-0.2, -0.15) is 0 Å². The lowest BCUT2D eigenvalue weighted by molar-refractivity contribution is -0.119. The molecule has 0 fully saturated rings. The van der Waals surface area contributed by atoms with Crippen molar-refractivity contribution < 1.29 is 9.59 Å². The first kappa shape index (κ1) is 16.6. The summed E-state index contributed by atoms with van der Waals surface area (Å²) in [6.07, 6.45) is 0.715. The fraction of sp³-hybridized carbons (Fsp3) is 0.143. The number of halogens is 1. The monoisotopic (exact) mass is 364 g/mol. The lowest BCUT2D eigenvalue weighted by Crippen LogP contribution is -2.39. The number of hydrogen-bond acceptors (Lipinski definition) is 2. The van der Waals surface area contributed by atoms with Crippen molar-refractivity contribution >= 4 is 39.9 Å². The van der Waals surface area contributed by atoms with E-state index in [1.807, 2.05) is 60.7 Å². The van der Waals surface area contributed by atoms with E-state index in [4.69, 9.17) is 11.6 Å². The number of carbonyl (C=O) groups excluding carboxylic acids is 2. The molecule has 3 aromatic rings. The van der Waals surface area contributed by atoms with Crippen molar-refractivity contribution in [3.05, 3.63) is 76.8 Å². The van der Waals surface area contributed by atoms with Crippen LogP contribution in [-0.2, 0) is 11.2 Å². The molecule has 4 nitrogen and oxygen atoms in total. The van der Waals surface area contributed by atoms with Crippen LogP contribution in [0.2, 0.25) is 5.02 Å². The Balaban J connectivity index is 1.42. The van der Waals surface area contributed by atoms with Crippen molar-refractivity contribution in [3.63, 3.8) is 0 Å². The van der Waals surface area contributed by atoms with Gasteiger partial charge in [0.15, 0.2) is 0 Å². The molecule has 1 aliphatic rings. The van der Waals surface area contributed by atoms with Crippen molar-refractivity contribution in [1.29, 1.82) is 0 Å². The van der Waals surface area contributed by atoms with Crippen molar-refractivity contribution in [2.45, 2.75) is 6.42 Å². The molecule has 5 heteroatoms. The van der Waals surface area contributed by atoms with E-state index < -0.39 is 0 Å². The topological polar surface area (TPSA) is 49.4 Å². The first-order valence-electron chi connectivity index (χ1n) is 8.48. The van der Waals surface area contributed by atoms with Gasteiger partial charge >= 0.3 is 0 Å². The highest BCUT2D eigenvalue weighted by molar-refractivity contribution is 6.30. The Morgan fingerprint density at radius 2 is 1.73 bits per heavy atom. The fourth-order valence-corrected chi connectivity index (χ4v) is 3.46. The van der Waals surface area contributed by atoms with Gasteiger partial charge in [-0.1, -0.05) is 48.0 Å². The normalized spacial score (nSPS) is 12.7. The third-order valence-corrected chi connectivity index (χ3v) is 4.85. The first-order chi connectivity index (χ1) is 12.6. The zero-order chi connectivity index (χ0) is 18.1. The third-order valence-electron chi connectivity index (χ3n) is 4.60. The van der Waals surface area contributed by atoms with Crippen LogP contribution in [0.25, 0.3) is 10.8 Å². The molecule has 0 saturated carbocycles. The van der Waals surface area contributed by atoms with Gasteiger partial charge < -0.3 is 5.32 Å². The summed E-state index contributed by atoms with van der Waals surface area (Å²) in [6, 6.07) is 19.0. The highest BCUT2D eigenvalue weighted by Crippen LogP contribution is 2.36. The van der Waals surface area contributed by atoms with E-state index in [1.165, 1.54) is 0 Å². The maximum absolute atomic E-state index is 12.7. The molecule has 0 spiro atoms. The summed E-state index contributed by atoms with van der Waals surface area (Å²) in [5, 5.41) is 5.52. The molecule has 0 saturated heterocycles. The number of benzene rings is 3. The summed E-state index contributed by atoms with van der Waals surface area (Å²) in [5.41, 5.74) is 2.56. The third kappa shape index (κ3) is 3.04. The van der Waals surface area contributed by atoms with E-state index in [-0.39, 0.29) is 18.4 Å². The van der Waals surface area contributed by atoms with Crippen molar-refractivity contribution in [2.75, 3.05) is 18.0 Å². The molecule has 2 amide bonds. The van der Waals surface area contributed by atoms with Crippen LogP contribution in [-0.4, -0.2) is 24.9 Å². The molecule has 1 heterocycles. The molecule has 3 aromatic carbocycles. The molecule has 130 valence electrons. The Kier molecular flexibility index (Phi) is 4.35. The zero-order valence-electron chi connectivity index (χ0n) is 14.0. The highest BCUT2D eigenvalue weighted by Gasteiger charge is 2.30. The lowest BCUT2D eigenvalue weighted by Gasteiger charge is -2.17. The van der Waals surface area contributed by atoms with E-state index in [9.17, 15) is 9.59 Å². The second-order valence-electron chi connectivity index (χ2n) is 6.30. The molecule has 4 rings (SSSR count). The summed E-state index contributed by atoms with van der Waals surface area (Å²) in [5.74, 6) is -0.290. The average Bonchev–Trinajstić information content (AvgIpc) is 2.92. The highest BCUT2D eigenvalue weighted by atomic mass is 35.5. The van der Waals surface area contributed by atoms with Gasteiger partial charge in [-0.05, 0) is 41.6 Å². The molecule has 0 atom stereocenters. The Labute approximate surface area is 156 Å². The summed E-state index contributed by atoms with van der Waals surface area (Å²) in [6.45, 7) is 0.535. The fourth-order valence-electron chi connectivity index (χ4n) is 3.33. The predicted octanol–water partition coefficient (Wildman–Crippen LogP) is 3.81. The van der Waals surface area contributed by atoms with Crippen LogP contribution in [0.15, 0.2) is 60.7 Å². The minimum Gasteiger partial charge on any atom is -0.354 e. The molecule has 0 unspecified atom stereocenters. The molecule has 1 aliphatic heterocycles. The molecule has 26 heavy (non-hydrogen) atoms. The smallest absolute Gasteiger partial charge is 0.259 e. The lowest BCUT2D eigenvalue weighted by atomic mass is 10.1. The second kappa shape index (κ2) is 6.81. The van der Waals surface area contributed by atoms with Crippen LogP contribution in [0.1, 0.15) is 15.9 Å². The Bertz CT molecular complexity index is 993. The summed E-state index contributed by atoms with van der Waals surface area (Å²) in [4.78, 5) is 26.6. The number of nitrogens with zero attached hydrogens (tertiary/aromatic N) is 1. The Morgan fingerprint density at radius 3 is 2.50 bits per heavy atom. The van der Waals surface area contributed by atoms with Gasteiger partial charge in [0, 0.05) is 22.5 Å². The van der Waals surface area contributed by atoms with Gasteiger partial charge in [0.2, 0.25) is 5.91 Å². The van der Waals surface area contributed by atoms with Crippen LogP contribution >= 0.6 is 11.6 Å². The molecule has 0 aliphatic carbocycles. The number of rotatable bonds is 5. The molecule has 0 aromatic heterocycles. The summed E-state index contributed by atoms with van der Waals surface area (Å²) in [7, 11) is 0. The Hall–Kier alpha value is -2.85. The average molecular weight is 365 g/mol. The molecule has 0 bridgehead atoms. The van der Waals surface area contributed by atoms with Crippen molar-refractivity contribution in [2.24, 2.45) is 0 Å². The standard InChI is InChI=1S/C21H17ClN2O2/c22-16-9-7-14(8-10-16)11-12-23-19(25)13-24-18-6-2-4-15-3-1-5-17(20(15)18)21(24)26/h1-10H,11-13H2,(H,23,25). The summed E-state index contributed by atoms with van der Waals surface area (Å²) < 4.78 is 0. The van der Waals surface area contributed by atoms with Crippen LogP contribution in [0.4, 0.5) is 5.69 Å². The first-order valence-corrected chi connectivity index (χ1v) is 8.86. The second-order valence-corrected chi connectivity index (χ2v) is 6.73. The maximum Gasteiger partial charge on any atom is 0.259 e. The largest absolute Gasteiger partial charge is 0.354 e. The molecular weight excluding hydrogens is 348 g/mol. The van der Waals surface area contributed by atoms with Crippen LogP contribution in [0, 0.1) is 0 Å². The van der Waals surface area contributed by atoms with Gasteiger partial charge in [-0.25, -0.2) is 0 Å². The number of hydrogen-bond donors (Lipinski definition) is 1. The maximum atomic E-state index is 12.7. The number of amides is 2. The minimum atomic E-state index is -0.169. The minimum absolute atomic E-state index is 0.0211. The van der Waals surface area contributed by atoms with Gasteiger partial charge in [-0.15, -0.1) is 0 Å².